The minimum atomic E-state index is 0.666. The Hall–Kier alpha value is -1.82. The molecule has 0 amide bonds. The fourth-order valence-corrected chi connectivity index (χ4v) is 2.79. The third-order valence-corrected chi connectivity index (χ3v) is 3.90. The second-order valence-electron chi connectivity index (χ2n) is 5.11. The largest absolute Gasteiger partial charge is 0.353 e. The molecule has 6 heteroatoms. The Morgan fingerprint density at radius 2 is 2.42 bits per heavy atom. The molecule has 0 aromatic carbocycles. The lowest BCUT2D eigenvalue weighted by Crippen LogP contribution is -2.36. The van der Waals surface area contributed by atoms with Crippen LogP contribution in [0.4, 0.5) is 11.6 Å². The van der Waals surface area contributed by atoms with Gasteiger partial charge in [-0.25, -0.2) is 15.8 Å². The van der Waals surface area contributed by atoms with Gasteiger partial charge < -0.3 is 14.7 Å². The number of nitrogens with zero attached hydrogens (tertiary/aromatic N) is 4. The van der Waals surface area contributed by atoms with Gasteiger partial charge in [-0.2, -0.15) is 0 Å². The summed E-state index contributed by atoms with van der Waals surface area (Å²) in [6, 6.07) is 0. The highest BCUT2D eigenvalue weighted by Gasteiger charge is 2.22. The zero-order valence-corrected chi connectivity index (χ0v) is 11.2. The van der Waals surface area contributed by atoms with Gasteiger partial charge in [-0.3, -0.25) is 0 Å². The predicted molar refractivity (Wildman–Crippen MR) is 76.0 cm³/mol. The van der Waals surface area contributed by atoms with Gasteiger partial charge in [0.05, 0.1) is 6.20 Å². The van der Waals surface area contributed by atoms with Crippen LogP contribution in [-0.4, -0.2) is 27.5 Å². The Balaban J connectivity index is 2.00. The van der Waals surface area contributed by atoms with Gasteiger partial charge in [0.15, 0.2) is 17.3 Å². The van der Waals surface area contributed by atoms with E-state index in [-0.39, 0.29) is 0 Å². The molecule has 3 N–H and O–H groups in total. The van der Waals surface area contributed by atoms with Crippen molar-refractivity contribution in [2.24, 2.45) is 11.8 Å². The summed E-state index contributed by atoms with van der Waals surface area (Å²) in [5, 5.41) is 0. The van der Waals surface area contributed by atoms with Crippen LogP contribution in [0.1, 0.15) is 26.2 Å². The van der Waals surface area contributed by atoms with Crippen molar-refractivity contribution in [3.8, 4) is 0 Å². The molecular weight excluding hydrogens is 240 g/mol. The summed E-state index contributed by atoms with van der Waals surface area (Å²) in [6.45, 7) is 4.35. The maximum Gasteiger partial charge on any atom is 0.180 e. The first-order valence-corrected chi connectivity index (χ1v) is 6.87. The number of imidazole rings is 1. The normalized spacial score (nSPS) is 19.9. The smallest absolute Gasteiger partial charge is 0.180 e. The Kier molecular flexibility index (Phi) is 3.25. The van der Waals surface area contributed by atoms with Crippen LogP contribution in [0.25, 0.3) is 5.65 Å². The van der Waals surface area contributed by atoms with E-state index in [9.17, 15) is 0 Å². The van der Waals surface area contributed by atoms with E-state index in [0.29, 0.717) is 5.82 Å². The van der Waals surface area contributed by atoms with Gasteiger partial charge in [-0.05, 0) is 18.8 Å². The van der Waals surface area contributed by atoms with E-state index in [4.69, 9.17) is 5.84 Å². The minimum Gasteiger partial charge on any atom is -0.353 e. The van der Waals surface area contributed by atoms with Crippen LogP contribution >= 0.6 is 0 Å². The molecule has 2 aromatic rings. The molecule has 0 spiro atoms. The number of nitrogens with two attached hydrogens (primary N) is 1. The van der Waals surface area contributed by atoms with E-state index in [0.717, 1.165) is 30.5 Å². The third-order valence-electron chi connectivity index (χ3n) is 3.90. The van der Waals surface area contributed by atoms with Crippen molar-refractivity contribution in [1.29, 1.82) is 0 Å². The molecule has 1 aliphatic heterocycles. The number of nitrogen functional groups attached to an aromatic ring is 1. The van der Waals surface area contributed by atoms with Gasteiger partial charge in [-0.1, -0.05) is 13.3 Å². The fourth-order valence-electron chi connectivity index (χ4n) is 2.79. The van der Waals surface area contributed by atoms with Crippen LogP contribution in [0.5, 0.6) is 0 Å². The number of piperidine rings is 1. The van der Waals surface area contributed by atoms with Crippen molar-refractivity contribution >= 4 is 17.3 Å². The monoisotopic (exact) mass is 260 g/mol. The molecule has 1 saturated heterocycles. The van der Waals surface area contributed by atoms with Gasteiger partial charge in [-0.15, -0.1) is 0 Å². The van der Waals surface area contributed by atoms with E-state index >= 15 is 0 Å². The lowest BCUT2D eigenvalue weighted by Gasteiger charge is -2.33. The Morgan fingerprint density at radius 3 is 3.21 bits per heavy atom. The van der Waals surface area contributed by atoms with E-state index in [2.05, 4.69) is 27.2 Å². The maximum absolute atomic E-state index is 5.50. The van der Waals surface area contributed by atoms with Gasteiger partial charge in [0.1, 0.15) is 0 Å². The number of anilines is 2. The zero-order valence-electron chi connectivity index (χ0n) is 11.2. The van der Waals surface area contributed by atoms with Crippen molar-refractivity contribution in [3.63, 3.8) is 0 Å². The molecule has 0 bridgehead atoms. The van der Waals surface area contributed by atoms with Crippen molar-refractivity contribution < 1.29 is 0 Å². The molecule has 0 aliphatic carbocycles. The summed E-state index contributed by atoms with van der Waals surface area (Å²) in [5.74, 6) is 7.84. The van der Waals surface area contributed by atoms with Crippen LogP contribution in [-0.2, 0) is 0 Å². The number of fused-ring (bicyclic) bond motifs is 1. The number of rotatable bonds is 3. The van der Waals surface area contributed by atoms with Crippen LogP contribution in [0.2, 0.25) is 0 Å². The van der Waals surface area contributed by atoms with Crippen molar-refractivity contribution in [3.05, 3.63) is 18.6 Å². The molecule has 3 heterocycles. The highest BCUT2D eigenvalue weighted by molar-refractivity contribution is 5.66. The van der Waals surface area contributed by atoms with Crippen molar-refractivity contribution in [2.45, 2.75) is 26.2 Å². The van der Waals surface area contributed by atoms with Gasteiger partial charge >= 0.3 is 0 Å². The molecule has 1 unspecified atom stereocenters. The number of hydrogen-bond acceptors (Lipinski definition) is 5. The summed E-state index contributed by atoms with van der Waals surface area (Å²) in [5.41, 5.74) is 3.53. The topological polar surface area (TPSA) is 71.5 Å². The second kappa shape index (κ2) is 5.05. The van der Waals surface area contributed by atoms with Crippen LogP contribution in [0.3, 0.4) is 0 Å². The van der Waals surface area contributed by atoms with Crippen molar-refractivity contribution in [2.75, 3.05) is 23.4 Å². The number of hydrogen-bond donors (Lipinski definition) is 2. The molecule has 1 aliphatic rings. The minimum absolute atomic E-state index is 0.666. The Bertz CT molecular complexity index is 563. The van der Waals surface area contributed by atoms with E-state index in [1.54, 1.807) is 6.20 Å². The summed E-state index contributed by atoms with van der Waals surface area (Å²) in [4.78, 5) is 11.3. The highest BCUT2D eigenvalue weighted by atomic mass is 15.3. The van der Waals surface area contributed by atoms with E-state index in [1.165, 1.54) is 19.3 Å². The average Bonchev–Trinajstić information content (AvgIpc) is 2.94. The molecule has 2 aromatic heterocycles. The Morgan fingerprint density at radius 1 is 1.53 bits per heavy atom. The predicted octanol–water partition coefficient (Wildman–Crippen LogP) is 1.64. The summed E-state index contributed by atoms with van der Waals surface area (Å²) < 4.78 is 1.97. The molecule has 19 heavy (non-hydrogen) atoms. The first-order chi connectivity index (χ1) is 9.31. The quantitative estimate of drug-likeness (QED) is 0.648. The number of aromatic nitrogens is 3. The van der Waals surface area contributed by atoms with Gasteiger partial charge in [0, 0.05) is 25.5 Å². The van der Waals surface area contributed by atoms with Gasteiger partial charge in [0.2, 0.25) is 0 Å². The molecule has 1 fully saturated rings. The fraction of sp³-hybridized carbons (Fsp3) is 0.538. The molecule has 6 nitrogen and oxygen atoms in total. The van der Waals surface area contributed by atoms with E-state index in [1.807, 2.05) is 16.8 Å². The Labute approximate surface area is 112 Å². The number of nitrogens with one attached hydrogen (secondary N) is 1. The number of hydrazine groups is 1. The van der Waals surface area contributed by atoms with Crippen LogP contribution in [0, 0.1) is 5.92 Å². The van der Waals surface area contributed by atoms with Gasteiger partial charge in [0.25, 0.3) is 0 Å². The molecular formula is C13H20N6. The molecule has 3 rings (SSSR count). The molecule has 102 valence electrons. The highest BCUT2D eigenvalue weighted by Crippen LogP contribution is 2.27. The average molecular weight is 260 g/mol. The zero-order chi connectivity index (χ0) is 13.2. The summed E-state index contributed by atoms with van der Waals surface area (Å²) >= 11 is 0. The summed E-state index contributed by atoms with van der Waals surface area (Å²) in [7, 11) is 0. The van der Waals surface area contributed by atoms with E-state index < -0.39 is 0 Å². The molecule has 1 atom stereocenters. The third kappa shape index (κ3) is 2.23. The standard InChI is InChI=1S/C13H20N6/c1-2-10-4-3-6-18(8-10)13-12-15-5-7-19(12)9-11(16-13)17-14/h5,7,9-10,17H,2-4,6,8,14H2,1H3. The SMILES string of the molecule is CCC1CCCN(c2nc(NN)cn3ccnc23)C1. The van der Waals surface area contributed by atoms with Crippen LogP contribution < -0.4 is 16.2 Å². The molecule has 0 saturated carbocycles. The first-order valence-electron chi connectivity index (χ1n) is 6.87. The second-order valence-corrected chi connectivity index (χ2v) is 5.11. The maximum atomic E-state index is 5.50. The summed E-state index contributed by atoms with van der Waals surface area (Å²) in [6.07, 6.45) is 9.31. The lowest BCUT2D eigenvalue weighted by molar-refractivity contribution is 0.403. The lowest BCUT2D eigenvalue weighted by atomic mass is 9.96. The first kappa shape index (κ1) is 12.2. The molecule has 0 radical (unpaired) electrons. The van der Waals surface area contributed by atoms with Crippen LogP contribution in [0.15, 0.2) is 18.6 Å². The van der Waals surface area contributed by atoms with Crippen molar-refractivity contribution in [1.82, 2.24) is 14.4 Å².